The van der Waals surface area contributed by atoms with Crippen molar-refractivity contribution in [3.05, 3.63) is 101 Å². The first-order valence-corrected chi connectivity index (χ1v) is 7.58. The van der Waals surface area contributed by atoms with Crippen LogP contribution < -0.4 is 4.57 Å². The van der Waals surface area contributed by atoms with Crippen LogP contribution >= 0.6 is 0 Å². The van der Waals surface area contributed by atoms with E-state index in [0.29, 0.717) is 0 Å². The summed E-state index contributed by atoms with van der Waals surface area (Å²) in [6.07, 6.45) is 8.68. The van der Waals surface area contributed by atoms with Gasteiger partial charge in [-0.2, -0.15) is 0 Å². The Balaban J connectivity index is 1.76. The van der Waals surface area contributed by atoms with Crippen LogP contribution in [-0.2, 0) is 6.54 Å². The zero-order chi connectivity index (χ0) is 15.2. The van der Waals surface area contributed by atoms with E-state index in [0.717, 1.165) is 6.54 Å². The highest BCUT2D eigenvalue weighted by Crippen LogP contribution is 2.11. The Hall–Kier alpha value is -2.67. The fourth-order valence-corrected chi connectivity index (χ4v) is 2.50. The molecule has 0 spiro atoms. The maximum absolute atomic E-state index is 2.23. The van der Waals surface area contributed by atoms with Gasteiger partial charge in [-0.25, -0.2) is 4.57 Å². The maximum Gasteiger partial charge on any atom is 0.173 e. The zero-order valence-corrected chi connectivity index (χ0v) is 12.8. The molecule has 0 radical (unpaired) electrons. The van der Waals surface area contributed by atoms with Crippen LogP contribution in [0.1, 0.15) is 22.3 Å². The Morgan fingerprint density at radius 3 is 2.18 bits per heavy atom. The van der Waals surface area contributed by atoms with Gasteiger partial charge in [-0.15, -0.1) is 0 Å². The average Bonchev–Trinajstić information content (AvgIpc) is 2.56. The summed E-state index contributed by atoms with van der Waals surface area (Å²) < 4.78 is 2.23. The molecule has 0 bridgehead atoms. The molecule has 22 heavy (non-hydrogen) atoms. The highest BCUT2D eigenvalue weighted by molar-refractivity contribution is 5.70. The molecule has 0 N–H and O–H groups in total. The Kier molecular flexibility index (Phi) is 4.45. The highest BCUT2D eigenvalue weighted by atomic mass is 14.9. The van der Waals surface area contributed by atoms with Gasteiger partial charge in [0, 0.05) is 17.2 Å². The Labute approximate surface area is 132 Å². The second kappa shape index (κ2) is 6.86. The lowest BCUT2D eigenvalue weighted by molar-refractivity contribution is -0.688. The molecular weight excluding hydrogens is 266 g/mol. The first kappa shape index (κ1) is 14.3. The number of benzene rings is 2. The SMILES string of the molecule is Cc1c[n+](Cc2ccccc2)ccc1/C=C/c1ccccc1. The Morgan fingerprint density at radius 1 is 0.818 bits per heavy atom. The van der Waals surface area contributed by atoms with Gasteiger partial charge < -0.3 is 0 Å². The van der Waals surface area contributed by atoms with E-state index in [1.165, 1.54) is 22.3 Å². The second-order valence-electron chi connectivity index (χ2n) is 5.49. The lowest BCUT2D eigenvalue weighted by Crippen LogP contribution is -2.33. The monoisotopic (exact) mass is 286 g/mol. The van der Waals surface area contributed by atoms with Crippen molar-refractivity contribution < 1.29 is 4.57 Å². The van der Waals surface area contributed by atoms with Gasteiger partial charge in [0.25, 0.3) is 0 Å². The van der Waals surface area contributed by atoms with E-state index in [9.17, 15) is 0 Å². The fourth-order valence-electron chi connectivity index (χ4n) is 2.50. The van der Waals surface area contributed by atoms with Crippen LogP contribution in [0, 0.1) is 6.92 Å². The van der Waals surface area contributed by atoms with Crippen LogP contribution in [0.15, 0.2) is 79.1 Å². The summed E-state index contributed by atoms with van der Waals surface area (Å²) in [5.41, 5.74) is 5.08. The van der Waals surface area contributed by atoms with E-state index in [4.69, 9.17) is 0 Å². The summed E-state index contributed by atoms with van der Waals surface area (Å²) in [4.78, 5) is 0. The largest absolute Gasteiger partial charge is 0.200 e. The fraction of sp³-hybridized carbons (Fsp3) is 0.0952. The molecule has 3 aromatic rings. The number of hydrogen-bond donors (Lipinski definition) is 0. The molecule has 108 valence electrons. The van der Waals surface area contributed by atoms with Crippen LogP contribution in [0.2, 0.25) is 0 Å². The van der Waals surface area contributed by atoms with E-state index in [1.54, 1.807) is 0 Å². The number of nitrogens with zero attached hydrogens (tertiary/aromatic N) is 1. The molecule has 0 amide bonds. The van der Waals surface area contributed by atoms with Gasteiger partial charge in [-0.1, -0.05) is 72.8 Å². The third-order valence-corrected chi connectivity index (χ3v) is 3.72. The molecule has 1 aromatic heterocycles. The van der Waals surface area contributed by atoms with Crippen LogP contribution in [0.5, 0.6) is 0 Å². The molecular formula is C21H20N+. The number of aryl methyl sites for hydroxylation is 1. The lowest BCUT2D eigenvalue weighted by Gasteiger charge is -2.02. The van der Waals surface area contributed by atoms with Crippen LogP contribution in [0.3, 0.4) is 0 Å². The van der Waals surface area contributed by atoms with Crippen LogP contribution in [0.4, 0.5) is 0 Å². The molecule has 0 aliphatic carbocycles. The van der Waals surface area contributed by atoms with E-state index < -0.39 is 0 Å². The normalized spacial score (nSPS) is 11.0. The molecule has 0 aliphatic rings. The van der Waals surface area contributed by atoms with Gasteiger partial charge in [-0.05, 0) is 18.1 Å². The van der Waals surface area contributed by atoms with Crippen molar-refractivity contribution in [3.8, 4) is 0 Å². The summed E-state index contributed by atoms with van der Waals surface area (Å²) in [6.45, 7) is 3.07. The van der Waals surface area contributed by atoms with Gasteiger partial charge in [0.05, 0.1) is 0 Å². The van der Waals surface area contributed by atoms with Crippen molar-refractivity contribution >= 4 is 12.2 Å². The van der Waals surface area contributed by atoms with E-state index >= 15 is 0 Å². The Morgan fingerprint density at radius 2 is 1.50 bits per heavy atom. The standard InChI is InChI=1S/C21H20N/c1-18-16-22(17-20-10-6-3-7-11-20)15-14-21(18)13-12-19-8-4-2-5-9-19/h2-16H,17H2,1H3/q+1/b13-12+. The molecule has 1 heterocycles. The molecule has 0 unspecified atom stereocenters. The molecule has 0 atom stereocenters. The topological polar surface area (TPSA) is 3.88 Å². The molecule has 0 saturated carbocycles. The highest BCUT2D eigenvalue weighted by Gasteiger charge is 2.05. The Bertz CT molecular complexity index is 758. The second-order valence-corrected chi connectivity index (χ2v) is 5.49. The number of rotatable bonds is 4. The van der Waals surface area contributed by atoms with Crippen LogP contribution in [-0.4, -0.2) is 0 Å². The number of aromatic nitrogens is 1. The summed E-state index contributed by atoms with van der Waals surface area (Å²) in [5, 5.41) is 0. The van der Waals surface area contributed by atoms with Crippen molar-refractivity contribution in [1.29, 1.82) is 0 Å². The lowest BCUT2D eigenvalue weighted by atomic mass is 10.1. The van der Waals surface area contributed by atoms with Gasteiger partial charge in [-0.3, -0.25) is 0 Å². The van der Waals surface area contributed by atoms with Crippen molar-refractivity contribution in [3.63, 3.8) is 0 Å². The van der Waals surface area contributed by atoms with Gasteiger partial charge in [0.15, 0.2) is 18.9 Å². The molecule has 0 saturated heterocycles. The summed E-state index contributed by atoms with van der Waals surface area (Å²) in [5.74, 6) is 0. The predicted octanol–water partition coefficient (Wildman–Crippen LogP) is 4.50. The minimum Gasteiger partial charge on any atom is -0.200 e. The molecule has 0 fully saturated rings. The van der Waals surface area contributed by atoms with Crippen molar-refractivity contribution in [2.75, 3.05) is 0 Å². The summed E-state index contributed by atoms with van der Waals surface area (Å²) in [7, 11) is 0. The molecule has 1 heteroatoms. The third kappa shape index (κ3) is 3.70. The zero-order valence-electron chi connectivity index (χ0n) is 12.8. The van der Waals surface area contributed by atoms with Gasteiger partial charge in [0.2, 0.25) is 0 Å². The van der Waals surface area contributed by atoms with Crippen LogP contribution in [0.25, 0.3) is 12.2 Å². The number of hydrogen-bond acceptors (Lipinski definition) is 0. The van der Waals surface area contributed by atoms with E-state index in [-0.39, 0.29) is 0 Å². The summed E-state index contributed by atoms with van der Waals surface area (Å²) >= 11 is 0. The predicted molar refractivity (Wildman–Crippen MR) is 92.3 cm³/mol. The molecule has 3 rings (SSSR count). The number of pyridine rings is 1. The van der Waals surface area contributed by atoms with Gasteiger partial charge >= 0.3 is 0 Å². The van der Waals surface area contributed by atoms with Crippen molar-refractivity contribution in [2.45, 2.75) is 13.5 Å². The third-order valence-electron chi connectivity index (χ3n) is 3.72. The van der Waals surface area contributed by atoms with Crippen molar-refractivity contribution in [2.24, 2.45) is 0 Å². The minimum absolute atomic E-state index is 0.907. The molecule has 0 aliphatic heterocycles. The quantitative estimate of drug-likeness (QED) is 0.622. The average molecular weight is 286 g/mol. The molecule has 1 nitrogen and oxygen atoms in total. The summed E-state index contributed by atoms with van der Waals surface area (Å²) in [6, 6.07) is 23.1. The van der Waals surface area contributed by atoms with Gasteiger partial charge in [0.1, 0.15) is 0 Å². The maximum atomic E-state index is 2.23. The first-order chi connectivity index (χ1) is 10.8. The van der Waals surface area contributed by atoms with Crippen molar-refractivity contribution in [1.82, 2.24) is 0 Å². The minimum atomic E-state index is 0.907. The first-order valence-electron chi connectivity index (χ1n) is 7.58. The van der Waals surface area contributed by atoms with E-state index in [2.05, 4.69) is 96.7 Å². The molecule has 2 aromatic carbocycles. The smallest absolute Gasteiger partial charge is 0.173 e. The van der Waals surface area contributed by atoms with E-state index in [1.807, 2.05) is 6.07 Å².